The first kappa shape index (κ1) is 22.5. The molecule has 1 saturated carbocycles. The number of aromatic amines is 1. The number of anilines is 1. The minimum Gasteiger partial charge on any atom is -0.378 e. The second kappa shape index (κ2) is 9.24. The number of ether oxygens (including phenoxy) is 1. The highest BCUT2D eigenvalue weighted by molar-refractivity contribution is 6.06. The van der Waals surface area contributed by atoms with Gasteiger partial charge >= 0.3 is 0 Å². The highest BCUT2D eigenvalue weighted by Gasteiger charge is 2.43. The van der Waals surface area contributed by atoms with Gasteiger partial charge in [-0.2, -0.15) is 5.26 Å². The van der Waals surface area contributed by atoms with Crippen LogP contribution in [0.4, 0.5) is 5.69 Å². The third-order valence-electron chi connectivity index (χ3n) is 7.19. The molecule has 2 N–H and O–H groups in total. The Morgan fingerprint density at radius 2 is 1.92 bits per heavy atom. The lowest BCUT2D eigenvalue weighted by molar-refractivity contribution is -0.138. The molecule has 0 spiro atoms. The Balaban J connectivity index is 1.20. The molecule has 2 aromatic heterocycles. The average Bonchev–Trinajstić information content (AvgIpc) is 3.65. The number of hydrogen-bond donors (Lipinski definition) is 2. The van der Waals surface area contributed by atoms with E-state index in [4.69, 9.17) is 15.0 Å². The van der Waals surface area contributed by atoms with Crippen molar-refractivity contribution in [3.63, 3.8) is 0 Å². The fourth-order valence-electron chi connectivity index (χ4n) is 4.83. The number of carbonyl (C=O) groups excluding carboxylic acids is 2. The Morgan fingerprint density at radius 3 is 2.61 bits per heavy atom. The number of H-pyrrole nitrogens is 1. The molecule has 0 bridgehead atoms. The first-order valence-electron chi connectivity index (χ1n) is 12.4. The maximum absolute atomic E-state index is 13.2. The normalized spacial score (nSPS) is 19.0. The molecule has 10 heteroatoms. The lowest BCUT2D eigenvalue weighted by Gasteiger charge is -2.37. The van der Waals surface area contributed by atoms with Crippen LogP contribution < -0.4 is 10.2 Å². The molecule has 6 rings (SSSR count). The molecule has 2 amide bonds. The van der Waals surface area contributed by atoms with Crippen molar-refractivity contribution in [3.8, 4) is 17.3 Å². The van der Waals surface area contributed by atoms with Crippen molar-refractivity contribution in [1.82, 2.24) is 25.2 Å². The van der Waals surface area contributed by atoms with Gasteiger partial charge in [-0.25, -0.2) is 9.97 Å². The Bertz CT molecular complexity index is 1330. The van der Waals surface area contributed by atoms with Gasteiger partial charge < -0.3 is 24.8 Å². The summed E-state index contributed by atoms with van der Waals surface area (Å²) in [4.78, 5) is 42.4. The minimum absolute atomic E-state index is 0.107. The number of benzene rings is 1. The van der Waals surface area contributed by atoms with Gasteiger partial charge in [-0.15, -0.1) is 0 Å². The van der Waals surface area contributed by atoms with Crippen molar-refractivity contribution in [3.05, 3.63) is 42.2 Å². The summed E-state index contributed by atoms with van der Waals surface area (Å²) in [5.74, 6) is -0.434. The van der Waals surface area contributed by atoms with Gasteiger partial charge in [0, 0.05) is 43.6 Å². The number of rotatable bonds is 6. The van der Waals surface area contributed by atoms with Crippen molar-refractivity contribution in [2.24, 2.45) is 11.8 Å². The van der Waals surface area contributed by atoms with E-state index in [2.05, 4.69) is 38.4 Å². The fraction of sp³-hybridized carbons (Fsp3) is 0.423. The van der Waals surface area contributed by atoms with Crippen molar-refractivity contribution in [2.45, 2.75) is 18.9 Å². The molecule has 2 saturated heterocycles. The Morgan fingerprint density at radius 1 is 1.17 bits per heavy atom. The first-order chi connectivity index (χ1) is 17.6. The molecule has 3 aromatic rings. The van der Waals surface area contributed by atoms with E-state index in [9.17, 15) is 9.59 Å². The molecule has 10 nitrogen and oxygen atoms in total. The topological polar surface area (TPSA) is 127 Å². The largest absolute Gasteiger partial charge is 0.378 e. The SMILES string of the molecule is N#CC1CN(C(=O)C(NC(=O)c2c[nH]c3ncc(-c4ccc(N5CCOCC5)cc4)nc23)C2CC2)C1. The Labute approximate surface area is 208 Å². The van der Waals surface area contributed by atoms with E-state index in [-0.39, 0.29) is 23.7 Å². The van der Waals surface area contributed by atoms with Gasteiger partial charge in [-0.05, 0) is 30.9 Å². The van der Waals surface area contributed by atoms with Crippen molar-refractivity contribution >= 4 is 28.7 Å². The van der Waals surface area contributed by atoms with E-state index in [1.807, 2.05) is 12.1 Å². The van der Waals surface area contributed by atoms with Gasteiger partial charge in [0.1, 0.15) is 11.6 Å². The standard InChI is InChI=1S/C26H27N7O3/c27-11-16-14-33(15-16)26(35)22(18-1-2-18)31-25(34)20-12-28-24-23(20)30-21(13-29-24)17-3-5-19(6-4-17)32-7-9-36-10-8-32/h3-6,12-13,16,18,22H,1-2,7-10,14-15H2,(H,28,29)(H,31,34). The number of amides is 2. The highest BCUT2D eigenvalue weighted by Crippen LogP contribution is 2.35. The molecule has 2 aliphatic heterocycles. The Hall–Kier alpha value is -3.97. The molecule has 3 aliphatic rings. The smallest absolute Gasteiger partial charge is 0.255 e. The van der Waals surface area contributed by atoms with Crippen LogP contribution >= 0.6 is 0 Å². The molecule has 1 unspecified atom stereocenters. The quantitative estimate of drug-likeness (QED) is 0.546. The van der Waals surface area contributed by atoms with E-state index in [0.717, 1.165) is 50.4 Å². The van der Waals surface area contributed by atoms with E-state index in [1.54, 1.807) is 17.3 Å². The summed E-state index contributed by atoms with van der Waals surface area (Å²) in [5.41, 5.74) is 4.06. The number of morpholine rings is 1. The number of nitrogens with zero attached hydrogens (tertiary/aromatic N) is 5. The zero-order chi connectivity index (χ0) is 24.6. The second-order valence-electron chi connectivity index (χ2n) is 9.66. The van der Waals surface area contributed by atoms with Crippen LogP contribution in [0.1, 0.15) is 23.2 Å². The van der Waals surface area contributed by atoms with Crippen molar-refractivity contribution in [1.29, 1.82) is 5.26 Å². The third-order valence-corrected chi connectivity index (χ3v) is 7.19. The van der Waals surface area contributed by atoms with E-state index in [1.165, 1.54) is 0 Å². The van der Waals surface area contributed by atoms with Crippen LogP contribution in [0, 0.1) is 23.2 Å². The average molecular weight is 486 g/mol. The van der Waals surface area contributed by atoms with Gasteiger partial charge in [0.15, 0.2) is 5.65 Å². The molecular weight excluding hydrogens is 458 g/mol. The van der Waals surface area contributed by atoms with Gasteiger partial charge in [-0.3, -0.25) is 9.59 Å². The van der Waals surface area contributed by atoms with Crippen molar-refractivity contribution < 1.29 is 14.3 Å². The van der Waals surface area contributed by atoms with E-state index < -0.39 is 6.04 Å². The van der Waals surface area contributed by atoms with Crippen LogP contribution in [0.15, 0.2) is 36.7 Å². The number of fused-ring (bicyclic) bond motifs is 1. The van der Waals surface area contributed by atoms with Gasteiger partial charge in [0.25, 0.3) is 5.91 Å². The summed E-state index contributed by atoms with van der Waals surface area (Å²) >= 11 is 0. The molecule has 1 aromatic carbocycles. The Kier molecular flexibility index (Phi) is 5.77. The lowest BCUT2D eigenvalue weighted by Crippen LogP contribution is -2.57. The summed E-state index contributed by atoms with van der Waals surface area (Å²) in [6.45, 7) is 4.06. The van der Waals surface area contributed by atoms with Crippen LogP contribution in [-0.4, -0.2) is 77.1 Å². The number of hydrogen-bond acceptors (Lipinski definition) is 7. The summed E-state index contributed by atoms with van der Waals surface area (Å²) in [6.07, 6.45) is 5.10. The summed E-state index contributed by atoms with van der Waals surface area (Å²) in [6, 6.07) is 9.76. The van der Waals surface area contributed by atoms with Crippen molar-refractivity contribution in [2.75, 3.05) is 44.3 Å². The number of likely N-dealkylation sites (tertiary alicyclic amines) is 1. The van der Waals surface area contributed by atoms with Crippen LogP contribution in [-0.2, 0) is 9.53 Å². The predicted octanol–water partition coefficient (Wildman–Crippen LogP) is 1.95. The molecular formula is C26H27N7O3. The number of aromatic nitrogens is 3. The number of nitriles is 1. The van der Waals surface area contributed by atoms with Gasteiger partial charge in [0.05, 0.1) is 42.7 Å². The second-order valence-corrected chi connectivity index (χ2v) is 9.66. The molecule has 184 valence electrons. The summed E-state index contributed by atoms with van der Waals surface area (Å²) in [5, 5.41) is 12.0. The molecule has 1 aliphatic carbocycles. The molecule has 0 radical (unpaired) electrons. The molecule has 3 fully saturated rings. The monoisotopic (exact) mass is 485 g/mol. The highest BCUT2D eigenvalue weighted by atomic mass is 16.5. The van der Waals surface area contributed by atoms with E-state index in [0.29, 0.717) is 35.5 Å². The number of carbonyl (C=O) groups is 2. The maximum Gasteiger partial charge on any atom is 0.255 e. The first-order valence-corrected chi connectivity index (χ1v) is 12.4. The zero-order valence-corrected chi connectivity index (χ0v) is 19.8. The fourth-order valence-corrected chi connectivity index (χ4v) is 4.83. The molecule has 1 atom stereocenters. The summed E-state index contributed by atoms with van der Waals surface area (Å²) < 4.78 is 5.43. The zero-order valence-electron chi connectivity index (χ0n) is 19.8. The third kappa shape index (κ3) is 4.27. The minimum atomic E-state index is -0.578. The van der Waals surface area contributed by atoms with Crippen LogP contribution in [0.2, 0.25) is 0 Å². The van der Waals surface area contributed by atoms with E-state index >= 15 is 0 Å². The molecule has 4 heterocycles. The van der Waals surface area contributed by atoms with Crippen LogP contribution in [0.5, 0.6) is 0 Å². The van der Waals surface area contributed by atoms with Gasteiger partial charge in [-0.1, -0.05) is 12.1 Å². The maximum atomic E-state index is 13.2. The number of nitrogens with one attached hydrogen (secondary N) is 2. The van der Waals surface area contributed by atoms with Crippen LogP contribution in [0.25, 0.3) is 22.4 Å². The summed E-state index contributed by atoms with van der Waals surface area (Å²) in [7, 11) is 0. The van der Waals surface area contributed by atoms with Crippen LogP contribution in [0.3, 0.4) is 0 Å². The van der Waals surface area contributed by atoms with Gasteiger partial charge in [0.2, 0.25) is 5.91 Å². The predicted molar refractivity (Wildman–Crippen MR) is 132 cm³/mol. The lowest BCUT2D eigenvalue weighted by atomic mass is 9.99. The molecule has 36 heavy (non-hydrogen) atoms.